The van der Waals surface area contributed by atoms with E-state index < -0.39 is 0 Å². The van der Waals surface area contributed by atoms with Crippen LogP contribution in [0.2, 0.25) is 0 Å². The van der Waals surface area contributed by atoms with Gasteiger partial charge in [0.15, 0.2) is 0 Å². The largest absolute Gasteiger partial charge is 0.455 e. The molecule has 3 aromatic heterocycles. The summed E-state index contributed by atoms with van der Waals surface area (Å²) >= 11 is 0. The van der Waals surface area contributed by atoms with Crippen LogP contribution in [0.25, 0.3) is 99.2 Å². The van der Waals surface area contributed by atoms with E-state index in [-0.39, 0.29) is 0 Å². The van der Waals surface area contributed by atoms with Gasteiger partial charge in [0.05, 0.1) is 39.1 Å². The van der Waals surface area contributed by atoms with Crippen molar-refractivity contribution in [3.05, 3.63) is 181 Å². The molecule has 11 aromatic rings. The fraction of sp³-hybridized carbons (Fsp3) is 0. The van der Waals surface area contributed by atoms with Crippen molar-refractivity contribution >= 4 is 65.6 Å². The van der Waals surface area contributed by atoms with Crippen molar-refractivity contribution in [2.45, 2.75) is 0 Å². The summed E-state index contributed by atoms with van der Waals surface area (Å²) in [7, 11) is 0. The molecule has 0 amide bonds. The molecule has 4 heteroatoms. The van der Waals surface area contributed by atoms with E-state index in [4.69, 9.17) is 4.42 Å². The van der Waals surface area contributed by atoms with Gasteiger partial charge in [-0.3, -0.25) is 0 Å². The lowest BCUT2D eigenvalue weighted by molar-refractivity contribution is 0.673. The van der Waals surface area contributed by atoms with Gasteiger partial charge in [0.1, 0.15) is 11.2 Å². The first-order valence-electron chi connectivity index (χ1n) is 17.8. The Labute approximate surface area is 304 Å². The fourth-order valence-electron chi connectivity index (χ4n) is 8.43. The van der Waals surface area contributed by atoms with Crippen LogP contribution in [0.15, 0.2) is 180 Å². The monoisotopic (exact) mass is 675 g/mol. The number of aromatic nitrogens is 2. The summed E-state index contributed by atoms with van der Waals surface area (Å²) in [4.78, 5) is 0. The minimum Gasteiger partial charge on any atom is -0.455 e. The van der Waals surface area contributed by atoms with E-state index in [2.05, 4.69) is 155 Å². The normalized spacial score (nSPS) is 11.8. The Morgan fingerprint density at radius 1 is 0.415 bits per heavy atom. The molecular formula is C49H29N3O. The van der Waals surface area contributed by atoms with Gasteiger partial charge >= 0.3 is 0 Å². The molecule has 0 saturated carbocycles. The summed E-state index contributed by atoms with van der Waals surface area (Å²) in [5.41, 5.74) is 13.1. The highest BCUT2D eigenvalue weighted by molar-refractivity contribution is 6.24. The third-order valence-corrected chi connectivity index (χ3v) is 10.7. The second kappa shape index (κ2) is 11.3. The quantitative estimate of drug-likeness (QED) is 0.186. The first-order valence-corrected chi connectivity index (χ1v) is 17.8. The molecule has 0 unspecified atom stereocenters. The number of hydrogen-bond donors (Lipinski definition) is 0. The molecule has 4 nitrogen and oxygen atoms in total. The van der Waals surface area contributed by atoms with Crippen molar-refractivity contribution in [1.82, 2.24) is 9.13 Å². The predicted molar refractivity (Wildman–Crippen MR) is 218 cm³/mol. The molecular weight excluding hydrogens is 647 g/mol. The average molecular weight is 676 g/mol. The molecule has 0 spiro atoms. The van der Waals surface area contributed by atoms with Gasteiger partial charge < -0.3 is 13.6 Å². The molecule has 246 valence electrons. The van der Waals surface area contributed by atoms with Gasteiger partial charge in [-0.05, 0) is 89.0 Å². The third kappa shape index (κ3) is 4.35. The van der Waals surface area contributed by atoms with Crippen molar-refractivity contribution in [3.8, 4) is 39.7 Å². The molecule has 0 radical (unpaired) electrons. The second-order valence-corrected chi connectivity index (χ2v) is 13.6. The Morgan fingerprint density at radius 2 is 1.00 bits per heavy atom. The van der Waals surface area contributed by atoms with Crippen molar-refractivity contribution in [1.29, 1.82) is 5.26 Å². The van der Waals surface area contributed by atoms with Crippen LogP contribution in [-0.4, -0.2) is 9.13 Å². The maximum Gasteiger partial charge on any atom is 0.145 e. The highest BCUT2D eigenvalue weighted by Gasteiger charge is 2.21. The molecule has 0 bridgehead atoms. The van der Waals surface area contributed by atoms with E-state index in [0.29, 0.717) is 5.56 Å². The SMILES string of the molecule is N#Cc1ccccc1-c1cccc(-c2cc(-n3c4ccccc4c4ccccc43)cc(-n3c4ccccc4c4c5oc6ccccc6c5ccc43)c2)c1. The lowest BCUT2D eigenvalue weighted by atomic mass is 9.96. The number of rotatable bonds is 4. The standard InChI is InChI=1S/C49H29N3O/c50-30-33-12-1-2-15-37(33)32-14-11-13-31(26-32)34-27-35(51-43-20-7-3-16-38(43)39-17-4-8-21-44(39)51)29-36(28-34)52-45-22-9-5-19-42(45)48-46(52)25-24-41-40-18-6-10-23-47(40)53-49(41)48/h1-29H. The summed E-state index contributed by atoms with van der Waals surface area (Å²) in [5, 5.41) is 16.9. The van der Waals surface area contributed by atoms with Crippen LogP contribution in [-0.2, 0) is 0 Å². The Kier molecular flexibility index (Phi) is 6.28. The lowest BCUT2D eigenvalue weighted by Gasteiger charge is -2.16. The lowest BCUT2D eigenvalue weighted by Crippen LogP contribution is -2.00. The maximum absolute atomic E-state index is 9.94. The Morgan fingerprint density at radius 3 is 1.74 bits per heavy atom. The molecule has 53 heavy (non-hydrogen) atoms. The molecule has 0 saturated heterocycles. The number of fused-ring (bicyclic) bond motifs is 10. The molecule has 0 fully saturated rings. The number of hydrogen-bond acceptors (Lipinski definition) is 2. The summed E-state index contributed by atoms with van der Waals surface area (Å²) in [5.74, 6) is 0. The number of nitriles is 1. The first-order chi connectivity index (χ1) is 26.2. The van der Waals surface area contributed by atoms with E-state index in [0.717, 1.165) is 88.4 Å². The molecule has 0 aliphatic heterocycles. The summed E-state index contributed by atoms with van der Waals surface area (Å²) in [6.45, 7) is 0. The van der Waals surface area contributed by atoms with Crippen LogP contribution in [0.4, 0.5) is 0 Å². The van der Waals surface area contributed by atoms with Gasteiger partial charge in [0.2, 0.25) is 0 Å². The third-order valence-electron chi connectivity index (χ3n) is 10.7. The van der Waals surface area contributed by atoms with E-state index in [1.54, 1.807) is 0 Å². The highest BCUT2D eigenvalue weighted by atomic mass is 16.3. The zero-order chi connectivity index (χ0) is 35.0. The van der Waals surface area contributed by atoms with Gasteiger partial charge in [-0.1, -0.05) is 109 Å². The zero-order valence-electron chi connectivity index (χ0n) is 28.5. The van der Waals surface area contributed by atoms with Crippen LogP contribution in [0.3, 0.4) is 0 Å². The first kappa shape index (κ1) is 29.4. The van der Waals surface area contributed by atoms with Crippen molar-refractivity contribution < 1.29 is 4.42 Å². The Hall–Kier alpha value is -7.35. The fourth-order valence-corrected chi connectivity index (χ4v) is 8.43. The molecule has 8 aromatic carbocycles. The maximum atomic E-state index is 9.94. The van der Waals surface area contributed by atoms with Crippen LogP contribution in [0, 0.1) is 11.3 Å². The van der Waals surface area contributed by atoms with E-state index >= 15 is 0 Å². The molecule has 0 aliphatic carbocycles. The number of nitrogens with zero attached hydrogens (tertiary/aromatic N) is 3. The molecule has 11 rings (SSSR count). The minimum absolute atomic E-state index is 0.659. The smallest absolute Gasteiger partial charge is 0.145 e. The number of furan rings is 1. The Bertz CT molecular complexity index is 3260. The van der Waals surface area contributed by atoms with Crippen molar-refractivity contribution in [2.75, 3.05) is 0 Å². The second-order valence-electron chi connectivity index (χ2n) is 13.6. The average Bonchev–Trinajstić information content (AvgIpc) is 3.88. The van der Waals surface area contributed by atoms with Crippen LogP contribution in [0.1, 0.15) is 5.56 Å². The highest BCUT2D eigenvalue weighted by Crippen LogP contribution is 2.42. The van der Waals surface area contributed by atoms with Gasteiger partial charge in [-0.15, -0.1) is 0 Å². The van der Waals surface area contributed by atoms with Gasteiger partial charge in [-0.25, -0.2) is 0 Å². The summed E-state index contributed by atoms with van der Waals surface area (Å²) in [6, 6.07) is 64.3. The van der Waals surface area contributed by atoms with E-state index in [1.165, 1.54) is 10.8 Å². The van der Waals surface area contributed by atoms with Gasteiger partial charge in [0, 0.05) is 38.3 Å². The van der Waals surface area contributed by atoms with Crippen molar-refractivity contribution in [2.24, 2.45) is 0 Å². The van der Waals surface area contributed by atoms with Gasteiger partial charge in [0.25, 0.3) is 0 Å². The topological polar surface area (TPSA) is 46.8 Å². The summed E-state index contributed by atoms with van der Waals surface area (Å²) in [6.07, 6.45) is 0. The van der Waals surface area contributed by atoms with Crippen LogP contribution in [0.5, 0.6) is 0 Å². The molecule has 3 heterocycles. The van der Waals surface area contributed by atoms with Crippen molar-refractivity contribution in [3.63, 3.8) is 0 Å². The molecule has 0 atom stereocenters. The Balaban J connectivity index is 1.24. The molecule has 0 aliphatic rings. The predicted octanol–water partition coefficient (Wildman–Crippen LogP) is 13.0. The zero-order valence-corrected chi connectivity index (χ0v) is 28.5. The number of benzene rings is 8. The van der Waals surface area contributed by atoms with E-state index in [1.807, 2.05) is 36.4 Å². The minimum atomic E-state index is 0.659. The summed E-state index contributed by atoms with van der Waals surface area (Å²) < 4.78 is 11.4. The van der Waals surface area contributed by atoms with Crippen LogP contribution >= 0.6 is 0 Å². The molecule has 0 N–H and O–H groups in total. The van der Waals surface area contributed by atoms with E-state index in [9.17, 15) is 5.26 Å². The van der Waals surface area contributed by atoms with Crippen LogP contribution < -0.4 is 0 Å². The van der Waals surface area contributed by atoms with Gasteiger partial charge in [-0.2, -0.15) is 5.26 Å². The number of para-hydroxylation sites is 4.